The van der Waals surface area contributed by atoms with Crippen LogP contribution in [0.2, 0.25) is 0 Å². The second kappa shape index (κ2) is 7.27. The first-order chi connectivity index (χ1) is 9.60. The van der Waals surface area contributed by atoms with Crippen molar-refractivity contribution < 1.29 is 14.6 Å². The summed E-state index contributed by atoms with van der Waals surface area (Å²) in [6.45, 7) is 5.09. The van der Waals surface area contributed by atoms with Gasteiger partial charge in [0.2, 0.25) is 0 Å². The molecule has 2 unspecified atom stereocenters. The molecule has 116 valence electrons. The molecule has 2 N–H and O–H groups in total. The highest BCUT2D eigenvalue weighted by Crippen LogP contribution is 2.27. The zero-order chi connectivity index (χ0) is 14.5. The molecule has 2 aliphatic rings. The van der Waals surface area contributed by atoms with Crippen molar-refractivity contribution in [3.05, 3.63) is 0 Å². The molecule has 0 radical (unpaired) electrons. The Morgan fingerprint density at radius 3 is 2.45 bits per heavy atom. The lowest BCUT2D eigenvalue weighted by atomic mass is 10.00. The van der Waals surface area contributed by atoms with Gasteiger partial charge < -0.3 is 20.1 Å². The van der Waals surface area contributed by atoms with Crippen LogP contribution in [-0.4, -0.2) is 53.5 Å². The summed E-state index contributed by atoms with van der Waals surface area (Å²) in [6, 6.07) is 0.709. The van der Waals surface area contributed by atoms with Crippen molar-refractivity contribution in [1.82, 2.24) is 10.2 Å². The minimum absolute atomic E-state index is 0.0664. The van der Waals surface area contributed by atoms with Crippen LogP contribution in [-0.2, 0) is 4.74 Å². The average molecular weight is 284 g/mol. The Labute approximate surface area is 121 Å². The average Bonchev–Trinajstić information content (AvgIpc) is 3.17. The van der Waals surface area contributed by atoms with E-state index in [1.54, 1.807) is 0 Å². The molecule has 20 heavy (non-hydrogen) atoms. The molecule has 0 spiro atoms. The van der Waals surface area contributed by atoms with E-state index in [-0.39, 0.29) is 30.9 Å². The number of carbonyl (C=O) groups excluding carboxylic acids is 1. The first kappa shape index (κ1) is 15.6. The molecule has 5 heteroatoms. The summed E-state index contributed by atoms with van der Waals surface area (Å²) < 4.78 is 5.70. The lowest BCUT2D eigenvalue weighted by molar-refractivity contribution is -0.0407. The summed E-state index contributed by atoms with van der Waals surface area (Å²) >= 11 is 0. The number of ether oxygens (including phenoxy) is 1. The number of amides is 2. The third kappa shape index (κ3) is 4.63. The van der Waals surface area contributed by atoms with Crippen molar-refractivity contribution in [2.24, 2.45) is 0 Å². The Kier molecular flexibility index (Phi) is 5.66. The van der Waals surface area contributed by atoms with E-state index in [1.165, 1.54) is 0 Å². The third-order valence-corrected chi connectivity index (χ3v) is 4.08. The fourth-order valence-corrected chi connectivity index (χ4v) is 3.01. The van der Waals surface area contributed by atoms with Gasteiger partial charge in [0.25, 0.3) is 0 Å². The molecule has 2 rings (SSSR count). The number of aliphatic hydroxyl groups excluding tert-OH is 1. The lowest BCUT2D eigenvalue weighted by Gasteiger charge is -2.34. The minimum atomic E-state index is 0.0664. The van der Waals surface area contributed by atoms with Crippen LogP contribution in [0.4, 0.5) is 4.79 Å². The molecule has 2 amide bonds. The Hall–Kier alpha value is -0.810. The van der Waals surface area contributed by atoms with Crippen molar-refractivity contribution in [2.75, 3.05) is 13.2 Å². The standard InChI is InChI=1S/C15H28N2O3/c1-11-9-13(10-12(2)20-11)16-15(19)17(14-5-6-14)7-3-4-8-18/h11-14,18H,3-10H2,1-2H3,(H,16,19). The van der Waals surface area contributed by atoms with Gasteiger partial charge in [0.05, 0.1) is 12.2 Å². The number of nitrogens with zero attached hydrogens (tertiary/aromatic N) is 1. The predicted molar refractivity (Wildman–Crippen MR) is 77.6 cm³/mol. The van der Waals surface area contributed by atoms with Gasteiger partial charge in [-0.1, -0.05) is 0 Å². The SMILES string of the molecule is CC1CC(NC(=O)N(CCCCO)C2CC2)CC(C)O1. The summed E-state index contributed by atoms with van der Waals surface area (Å²) in [7, 11) is 0. The van der Waals surface area contributed by atoms with Crippen LogP contribution in [0.25, 0.3) is 0 Å². The highest BCUT2D eigenvalue weighted by Gasteiger charge is 2.34. The number of nitrogens with one attached hydrogen (secondary N) is 1. The highest BCUT2D eigenvalue weighted by atomic mass is 16.5. The molecule has 0 bridgehead atoms. The van der Waals surface area contributed by atoms with Crippen molar-refractivity contribution >= 4 is 6.03 Å². The van der Waals surface area contributed by atoms with Gasteiger partial charge in [-0.3, -0.25) is 0 Å². The fraction of sp³-hybridized carbons (Fsp3) is 0.933. The number of hydrogen-bond acceptors (Lipinski definition) is 3. The van der Waals surface area contributed by atoms with Crippen molar-refractivity contribution in [3.8, 4) is 0 Å². The van der Waals surface area contributed by atoms with E-state index in [0.29, 0.717) is 6.04 Å². The highest BCUT2D eigenvalue weighted by molar-refractivity contribution is 5.75. The zero-order valence-electron chi connectivity index (χ0n) is 12.7. The van der Waals surface area contributed by atoms with E-state index < -0.39 is 0 Å². The molecule has 0 aromatic carbocycles. The van der Waals surface area contributed by atoms with Crippen LogP contribution in [0.15, 0.2) is 0 Å². The molecule has 1 saturated carbocycles. The van der Waals surface area contributed by atoms with Gasteiger partial charge in [-0.15, -0.1) is 0 Å². The van der Waals surface area contributed by atoms with Crippen LogP contribution in [0, 0.1) is 0 Å². The Bertz CT molecular complexity index is 310. The molecule has 0 aromatic rings. The Morgan fingerprint density at radius 2 is 1.90 bits per heavy atom. The Morgan fingerprint density at radius 1 is 1.25 bits per heavy atom. The molecule has 5 nitrogen and oxygen atoms in total. The maximum atomic E-state index is 12.4. The van der Waals surface area contributed by atoms with Crippen LogP contribution in [0.3, 0.4) is 0 Å². The lowest BCUT2D eigenvalue weighted by Crippen LogP contribution is -2.50. The van der Waals surface area contributed by atoms with Crippen molar-refractivity contribution in [1.29, 1.82) is 0 Å². The second-order valence-corrected chi connectivity index (χ2v) is 6.23. The summed E-state index contributed by atoms with van der Waals surface area (Å²) in [4.78, 5) is 14.4. The summed E-state index contributed by atoms with van der Waals surface area (Å²) in [5.41, 5.74) is 0. The van der Waals surface area contributed by atoms with E-state index in [9.17, 15) is 4.79 Å². The molecule has 2 atom stereocenters. The predicted octanol–water partition coefficient (Wildman–Crippen LogP) is 1.89. The zero-order valence-corrected chi connectivity index (χ0v) is 12.7. The largest absolute Gasteiger partial charge is 0.396 e. The van der Waals surface area contributed by atoms with Gasteiger partial charge >= 0.3 is 6.03 Å². The van der Waals surface area contributed by atoms with E-state index in [4.69, 9.17) is 9.84 Å². The van der Waals surface area contributed by atoms with Gasteiger partial charge in [0.1, 0.15) is 0 Å². The number of rotatable bonds is 6. The minimum Gasteiger partial charge on any atom is -0.396 e. The van der Waals surface area contributed by atoms with E-state index >= 15 is 0 Å². The van der Waals surface area contributed by atoms with E-state index in [0.717, 1.165) is 45.1 Å². The smallest absolute Gasteiger partial charge is 0.317 e. The molecular formula is C15H28N2O3. The first-order valence-corrected chi connectivity index (χ1v) is 7.93. The number of urea groups is 1. The molecule has 1 aliphatic heterocycles. The Balaban J connectivity index is 1.81. The van der Waals surface area contributed by atoms with Gasteiger partial charge in [0.15, 0.2) is 0 Å². The van der Waals surface area contributed by atoms with E-state index in [1.807, 2.05) is 4.90 Å². The topological polar surface area (TPSA) is 61.8 Å². The summed E-state index contributed by atoms with van der Waals surface area (Å²) in [6.07, 6.45) is 6.10. The maximum absolute atomic E-state index is 12.4. The number of aliphatic hydroxyl groups is 1. The number of hydrogen-bond donors (Lipinski definition) is 2. The second-order valence-electron chi connectivity index (χ2n) is 6.23. The molecule has 1 saturated heterocycles. The molecule has 0 aromatic heterocycles. The van der Waals surface area contributed by atoms with Crippen LogP contribution in [0.1, 0.15) is 52.4 Å². The van der Waals surface area contributed by atoms with Crippen LogP contribution in [0.5, 0.6) is 0 Å². The number of carbonyl (C=O) groups is 1. The van der Waals surface area contributed by atoms with Crippen molar-refractivity contribution in [3.63, 3.8) is 0 Å². The quantitative estimate of drug-likeness (QED) is 0.732. The fourth-order valence-electron chi connectivity index (χ4n) is 3.01. The van der Waals surface area contributed by atoms with E-state index in [2.05, 4.69) is 19.2 Å². The maximum Gasteiger partial charge on any atom is 0.317 e. The summed E-state index contributed by atoms with van der Waals surface area (Å²) in [5, 5.41) is 12.0. The third-order valence-electron chi connectivity index (χ3n) is 4.08. The van der Waals surface area contributed by atoms with Gasteiger partial charge in [-0.25, -0.2) is 4.79 Å². The molecule has 1 aliphatic carbocycles. The number of unbranched alkanes of at least 4 members (excludes halogenated alkanes) is 1. The van der Waals surface area contributed by atoms with Gasteiger partial charge in [0, 0.05) is 25.2 Å². The summed E-state index contributed by atoms with van der Waals surface area (Å²) in [5.74, 6) is 0. The van der Waals surface area contributed by atoms with Crippen LogP contribution >= 0.6 is 0 Å². The van der Waals surface area contributed by atoms with Crippen molar-refractivity contribution in [2.45, 2.75) is 76.7 Å². The van der Waals surface area contributed by atoms with Crippen LogP contribution < -0.4 is 5.32 Å². The van der Waals surface area contributed by atoms with Gasteiger partial charge in [-0.05, 0) is 52.4 Å². The van der Waals surface area contributed by atoms with Gasteiger partial charge in [-0.2, -0.15) is 0 Å². The monoisotopic (exact) mass is 284 g/mol. The normalized spacial score (nSPS) is 30.1. The molecule has 1 heterocycles. The molecule has 2 fully saturated rings. The first-order valence-electron chi connectivity index (χ1n) is 7.93. The molecular weight excluding hydrogens is 256 g/mol.